The summed E-state index contributed by atoms with van der Waals surface area (Å²) in [5.41, 5.74) is 0. The van der Waals surface area contributed by atoms with Crippen molar-refractivity contribution in [1.82, 2.24) is 0 Å². The van der Waals surface area contributed by atoms with Crippen LogP contribution < -0.4 is 0 Å². The molecule has 0 amide bonds. The third-order valence-electron chi connectivity index (χ3n) is 1.04. The molecule has 1 aliphatic rings. The average Bonchev–Trinajstić information content (AvgIpc) is 1.87. The van der Waals surface area contributed by atoms with Crippen LogP contribution in [0.25, 0.3) is 0 Å². The van der Waals surface area contributed by atoms with Crippen LogP contribution in [-0.4, -0.2) is 11.2 Å². The van der Waals surface area contributed by atoms with Crippen LogP contribution in [0.4, 0.5) is 0 Å². The van der Waals surface area contributed by atoms with Gasteiger partial charge in [-0.25, -0.2) is 0 Å². The molecule has 0 fully saturated rings. The van der Waals surface area contributed by atoms with Crippen molar-refractivity contribution in [3.8, 4) is 0 Å². The van der Waals surface area contributed by atoms with Gasteiger partial charge in [-0.05, 0) is 6.42 Å². The molecule has 0 aromatic carbocycles. The van der Waals surface area contributed by atoms with Gasteiger partial charge < -0.3 is 5.11 Å². The Kier molecular flexibility index (Phi) is 1.35. The van der Waals surface area contributed by atoms with Crippen molar-refractivity contribution < 1.29 is 5.11 Å². The minimum Gasteiger partial charge on any atom is -0.392 e. The SMILES string of the molecule is OC1CC=C(Cl)C1. The van der Waals surface area contributed by atoms with Gasteiger partial charge in [0.1, 0.15) is 0 Å². The fourth-order valence-electron chi connectivity index (χ4n) is 0.656. The Morgan fingerprint density at radius 3 is 2.71 bits per heavy atom. The van der Waals surface area contributed by atoms with Crippen LogP contribution in [0.3, 0.4) is 0 Å². The first-order valence-electron chi connectivity index (χ1n) is 2.31. The molecule has 0 spiro atoms. The molecule has 1 unspecified atom stereocenters. The number of rotatable bonds is 0. The molecule has 0 saturated carbocycles. The van der Waals surface area contributed by atoms with E-state index >= 15 is 0 Å². The lowest BCUT2D eigenvalue weighted by Crippen LogP contribution is -1.96. The molecule has 1 nitrogen and oxygen atoms in total. The van der Waals surface area contributed by atoms with Gasteiger partial charge in [0.15, 0.2) is 0 Å². The Hall–Kier alpha value is -0.0100. The topological polar surface area (TPSA) is 20.2 Å². The van der Waals surface area contributed by atoms with E-state index in [1.807, 2.05) is 6.08 Å². The molecule has 40 valence electrons. The predicted octanol–water partition coefficient (Wildman–Crippen LogP) is 1.26. The molecule has 2 heteroatoms. The molecular weight excluding hydrogens is 112 g/mol. The molecule has 0 aromatic heterocycles. The van der Waals surface area contributed by atoms with Gasteiger partial charge in [-0.2, -0.15) is 0 Å². The quantitative estimate of drug-likeness (QED) is 0.508. The molecule has 0 aliphatic heterocycles. The fraction of sp³-hybridized carbons (Fsp3) is 0.600. The number of aliphatic hydroxyl groups excluding tert-OH is 1. The maximum atomic E-state index is 8.76. The molecule has 0 heterocycles. The highest BCUT2D eigenvalue weighted by Crippen LogP contribution is 2.20. The van der Waals surface area contributed by atoms with Gasteiger partial charge in [0.25, 0.3) is 0 Å². The third-order valence-corrected chi connectivity index (χ3v) is 1.35. The van der Waals surface area contributed by atoms with Crippen LogP contribution in [0, 0.1) is 0 Å². The number of halogens is 1. The molecule has 1 rings (SSSR count). The van der Waals surface area contributed by atoms with Crippen molar-refractivity contribution in [2.45, 2.75) is 18.9 Å². The zero-order valence-electron chi connectivity index (χ0n) is 3.89. The van der Waals surface area contributed by atoms with Gasteiger partial charge >= 0.3 is 0 Å². The van der Waals surface area contributed by atoms with Crippen molar-refractivity contribution in [3.05, 3.63) is 11.1 Å². The van der Waals surface area contributed by atoms with E-state index < -0.39 is 0 Å². The lowest BCUT2D eigenvalue weighted by atomic mass is 10.3. The number of hydrogen-bond acceptors (Lipinski definition) is 1. The molecule has 1 atom stereocenters. The standard InChI is InChI=1S/C5H7ClO/c6-4-1-2-5(7)3-4/h1,5,7H,2-3H2. The smallest absolute Gasteiger partial charge is 0.0623 e. The van der Waals surface area contributed by atoms with E-state index in [9.17, 15) is 0 Å². The molecule has 0 bridgehead atoms. The summed E-state index contributed by atoms with van der Waals surface area (Å²) in [6.45, 7) is 0. The highest BCUT2D eigenvalue weighted by Gasteiger charge is 2.10. The fourth-order valence-corrected chi connectivity index (χ4v) is 0.923. The van der Waals surface area contributed by atoms with E-state index in [1.54, 1.807) is 0 Å². The summed E-state index contributed by atoms with van der Waals surface area (Å²) in [4.78, 5) is 0. The van der Waals surface area contributed by atoms with Crippen LogP contribution in [-0.2, 0) is 0 Å². The Labute approximate surface area is 47.6 Å². The Bertz CT molecular complexity index is 98.3. The minimum atomic E-state index is -0.201. The number of aliphatic hydroxyl groups is 1. The highest BCUT2D eigenvalue weighted by molar-refractivity contribution is 6.29. The van der Waals surface area contributed by atoms with Gasteiger partial charge in [0.05, 0.1) is 6.10 Å². The summed E-state index contributed by atoms with van der Waals surface area (Å²) < 4.78 is 0. The summed E-state index contributed by atoms with van der Waals surface area (Å²) >= 11 is 5.51. The van der Waals surface area contributed by atoms with Crippen molar-refractivity contribution >= 4 is 11.6 Å². The zero-order chi connectivity index (χ0) is 5.28. The predicted molar refractivity (Wildman–Crippen MR) is 29.2 cm³/mol. The first-order chi connectivity index (χ1) is 3.29. The zero-order valence-corrected chi connectivity index (χ0v) is 4.65. The lowest BCUT2D eigenvalue weighted by Gasteiger charge is -1.93. The van der Waals surface area contributed by atoms with Crippen molar-refractivity contribution in [2.24, 2.45) is 0 Å². The molecule has 0 saturated heterocycles. The van der Waals surface area contributed by atoms with E-state index in [4.69, 9.17) is 16.7 Å². The largest absolute Gasteiger partial charge is 0.392 e. The molecule has 0 radical (unpaired) electrons. The second kappa shape index (κ2) is 1.85. The average molecular weight is 119 g/mol. The summed E-state index contributed by atoms with van der Waals surface area (Å²) in [7, 11) is 0. The summed E-state index contributed by atoms with van der Waals surface area (Å²) in [5.74, 6) is 0. The van der Waals surface area contributed by atoms with E-state index in [2.05, 4.69) is 0 Å². The molecule has 1 N–H and O–H groups in total. The minimum absolute atomic E-state index is 0.201. The molecular formula is C5H7ClO. The second-order valence-electron chi connectivity index (χ2n) is 1.74. The van der Waals surface area contributed by atoms with Crippen LogP contribution in [0.15, 0.2) is 11.1 Å². The van der Waals surface area contributed by atoms with Crippen molar-refractivity contribution in [1.29, 1.82) is 0 Å². The first kappa shape index (κ1) is 5.13. The van der Waals surface area contributed by atoms with Crippen LogP contribution >= 0.6 is 11.6 Å². The Morgan fingerprint density at radius 1 is 1.86 bits per heavy atom. The van der Waals surface area contributed by atoms with Crippen LogP contribution in [0.1, 0.15) is 12.8 Å². The third kappa shape index (κ3) is 1.18. The lowest BCUT2D eigenvalue weighted by molar-refractivity contribution is 0.189. The van der Waals surface area contributed by atoms with Crippen LogP contribution in [0.5, 0.6) is 0 Å². The maximum absolute atomic E-state index is 8.76. The van der Waals surface area contributed by atoms with Crippen LogP contribution in [0.2, 0.25) is 0 Å². The normalized spacial score (nSPS) is 30.6. The van der Waals surface area contributed by atoms with Gasteiger partial charge in [-0.15, -0.1) is 0 Å². The van der Waals surface area contributed by atoms with E-state index in [1.165, 1.54) is 0 Å². The Balaban J connectivity index is 2.42. The maximum Gasteiger partial charge on any atom is 0.0623 e. The highest BCUT2D eigenvalue weighted by atomic mass is 35.5. The molecule has 0 aromatic rings. The van der Waals surface area contributed by atoms with Crippen molar-refractivity contribution in [2.75, 3.05) is 0 Å². The second-order valence-corrected chi connectivity index (χ2v) is 2.23. The van der Waals surface area contributed by atoms with E-state index in [-0.39, 0.29) is 6.10 Å². The first-order valence-corrected chi connectivity index (χ1v) is 2.69. The van der Waals surface area contributed by atoms with Gasteiger partial charge in [-0.1, -0.05) is 17.7 Å². The molecule has 1 aliphatic carbocycles. The van der Waals surface area contributed by atoms with E-state index in [0.29, 0.717) is 6.42 Å². The summed E-state index contributed by atoms with van der Waals surface area (Å²) in [6.07, 6.45) is 3.04. The Morgan fingerprint density at radius 2 is 2.57 bits per heavy atom. The van der Waals surface area contributed by atoms with Gasteiger partial charge in [-0.3, -0.25) is 0 Å². The van der Waals surface area contributed by atoms with E-state index in [0.717, 1.165) is 11.5 Å². The monoisotopic (exact) mass is 118 g/mol. The molecule has 7 heavy (non-hydrogen) atoms. The number of hydrogen-bond donors (Lipinski definition) is 1. The summed E-state index contributed by atoms with van der Waals surface area (Å²) in [6, 6.07) is 0. The van der Waals surface area contributed by atoms with Gasteiger partial charge in [0, 0.05) is 11.5 Å². The summed E-state index contributed by atoms with van der Waals surface area (Å²) in [5, 5.41) is 9.56. The van der Waals surface area contributed by atoms with Crippen molar-refractivity contribution in [3.63, 3.8) is 0 Å². The van der Waals surface area contributed by atoms with Gasteiger partial charge in [0.2, 0.25) is 0 Å².